The smallest absolute Gasteiger partial charge is 0.266 e. The summed E-state index contributed by atoms with van der Waals surface area (Å²) in [4.78, 5) is 14.9. The molecule has 2 rings (SSSR count). The average Bonchev–Trinajstić information content (AvgIpc) is 2.75. The van der Waals surface area contributed by atoms with E-state index < -0.39 is 0 Å². The molecule has 2 aromatic rings. The number of carbonyl (C=O) groups excluding carboxylic acids is 1. The van der Waals surface area contributed by atoms with Crippen LogP contribution in [0.4, 0.5) is 11.4 Å². The Balaban J connectivity index is 2.31. The quantitative estimate of drug-likeness (QED) is 0.927. The highest BCUT2D eigenvalue weighted by Crippen LogP contribution is 2.29. The van der Waals surface area contributed by atoms with E-state index in [-0.39, 0.29) is 5.91 Å². The minimum atomic E-state index is -0.0992. The Labute approximate surface area is 121 Å². The summed E-state index contributed by atoms with van der Waals surface area (Å²) in [5.74, 6) is -0.0992. The van der Waals surface area contributed by atoms with E-state index in [1.54, 1.807) is 6.07 Å². The first kappa shape index (κ1) is 13.9. The Morgan fingerprint density at radius 3 is 2.63 bits per heavy atom. The number of halogens is 1. The standard InChI is InChI=1S/C14H15ClN2OS/c1-9-6-7-19-13(9)14(18)16-11-8-10(15)4-5-12(11)17(2)3/h4-8H,1-3H3,(H,16,18). The van der Waals surface area contributed by atoms with E-state index in [4.69, 9.17) is 11.6 Å². The maximum Gasteiger partial charge on any atom is 0.266 e. The summed E-state index contributed by atoms with van der Waals surface area (Å²) in [6.07, 6.45) is 0. The molecule has 0 radical (unpaired) electrons. The Bertz CT molecular complexity index is 607. The molecule has 1 aromatic heterocycles. The Hall–Kier alpha value is -1.52. The highest BCUT2D eigenvalue weighted by molar-refractivity contribution is 7.12. The molecule has 0 aliphatic heterocycles. The van der Waals surface area contributed by atoms with Crippen molar-refractivity contribution in [2.75, 3.05) is 24.3 Å². The second kappa shape index (κ2) is 5.63. The van der Waals surface area contributed by atoms with E-state index in [0.29, 0.717) is 5.02 Å². The molecular formula is C14H15ClN2OS. The zero-order chi connectivity index (χ0) is 14.0. The predicted octanol–water partition coefficient (Wildman–Crippen LogP) is 4.03. The van der Waals surface area contributed by atoms with Gasteiger partial charge in [-0.3, -0.25) is 4.79 Å². The molecule has 0 saturated carbocycles. The van der Waals surface area contributed by atoms with Crippen LogP contribution in [0.15, 0.2) is 29.6 Å². The number of hydrogen-bond donors (Lipinski definition) is 1. The molecule has 0 fully saturated rings. The van der Waals surface area contributed by atoms with Gasteiger partial charge in [-0.05, 0) is 42.1 Å². The van der Waals surface area contributed by atoms with Crippen LogP contribution in [-0.2, 0) is 0 Å². The molecule has 0 unspecified atom stereocenters. The maximum absolute atomic E-state index is 12.2. The molecule has 0 saturated heterocycles. The van der Waals surface area contributed by atoms with Crippen LogP contribution in [0.5, 0.6) is 0 Å². The van der Waals surface area contributed by atoms with Crippen LogP contribution in [0.1, 0.15) is 15.2 Å². The third kappa shape index (κ3) is 3.08. The van der Waals surface area contributed by atoms with Gasteiger partial charge in [-0.25, -0.2) is 0 Å². The van der Waals surface area contributed by atoms with Gasteiger partial charge in [0.1, 0.15) is 0 Å². The van der Waals surface area contributed by atoms with Crippen LogP contribution in [-0.4, -0.2) is 20.0 Å². The molecule has 0 spiro atoms. The zero-order valence-electron chi connectivity index (χ0n) is 11.0. The second-order valence-corrected chi connectivity index (χ2v) is 5.80. The summed E-state index contributed by atoms with van der Waals surface area (Å²) in [6.45, 7) is 1.93. The van der Waals surface area contributed by atoms with Crippen LogP contribution in [0.2, 0.25) is 5.02 Å². The number of carbonyl (C=O) groups is 1. The van der Waals surface area contributed by atoms with E-state index in [2.05, 4.69) is 5.32 Å². The largest absolute Gasteiger partial charge is 0.376 e. The van der Waals surface area contributed by atoms with E-state index in [1.807, 2.05) is 49.5 Å². The number of thiophene rings is 1. The summed E-state index contributed by atoms with van der Waals surface area (Å²) in [5, 5.41) is 5.43. The van der Waals surface area contributed by atoms with Gasteiger partial charge in [-0.2, -0.15) is 0 Å². The number of aryl methyl sites for hydroxylation is 1. The second-order valence-electron chi connectivity index (χ2n) is 4.44. The highest BCUT2D eigenvalue weighted by Gasteiger charge is 2.13. The first-order chi connectivity index (χ1) is 8.99. The molecule has 3 nitrogen and oxygen atoms in total. The lowest BCUT2D eigenvalue weighted by Crippen LogP contribution is -2.16. The van der Waals surface area contributed by atoms with Crippen molar-refractivity contribution >= 4 is 40.2 Å². The van der Waals surface area contributed by atoms with Crippen LogP contribution in [0.3, 0.4) is 0 Å². The van der Waals surface area contributed by atoms with Crippen LogP contribution in [0.25, 0.3) is 0 Å². The third-order valence-electron chi connectivity index (χ3n) is 2.76. The van der Waals surface area contributed by atoms with E-state index in [0.717, 1.165) is 21.8 Å². The SMILES string of the molecule is Cc1ccsc1C(=O)Nc1cc(Cl)ccc1N(C)C. The molecule has 1 heterocycles. The minimum Gasteiger partial charge on any atom is -0.376 e. The normalized spacial score (nSPS) is 10.3. The predicted molar refractivity (Wildman–Crippen MR) is 82.8 cm³/mol. The fourth-order valence-corrected chi connectivity index (χ4v) is 2.78. The lowest BCUT2D eigenvalue weighted by molar-refractivity contribution is 0.103. The number of amides is 1. The molecule has 0 aliphatic rings. The van der Waals surface area contributed by atoms with Crippen molar-refractivity contribution in [3.63, 3.8) is 0 Å². The van der Waals surface area contributed by atoms with Gasteiger partial charge in [0.05, 0.1) is 16.3 Å². The number of hydrogen-bond acceptors (Lipinski definition) is 3. The van der Waals surface area contributed by atoms with Crippen molar-refractivity contribution < 1.29 is 4.79 Å². The highest BCUT2D eigenvalue weighted by atomic mass is 35.5. The van der Waals surface area contributed by atoms with Crippen LogP contribution >= 0.6 is 22.9 Å². The van der Waals surface area contributed by atoms with Crippen molar-refractivity contribution in [2.24, 2.45) is 0 Å². The summed E-state index contributed by atoms with van der Waals surface area (Å²) in [7, 11) is 3.85. The fourth-order valence-electron chi connectivity index (χ4n) is 1.78. The average molecular weight is 295 g/mol. The number of nitrogens with zero attached hydrogens (tertiary/aromatic N) is 1. The molecule has 1 aromatic carbocycles. The molecule has 19 heavy (non-hydrogen) atoms. The van der Waals surface area contributed by atoms with Gasteiger partial charge in [-0.15, -0.1) is 11.3 Å². The molecule has 0 atom stereocenters. The molecule has 5 heteroatoms. The third-order valence-corrected chi connectivity index (χ3v) is 4.01. The molecule has 0 bridgehead atoms. The summed E-state index contributed by atoms with van der Waals surface area (Å²) < 4.78 is 0. The molecule has 0 aliphatic carbocycles. The Morgan fingerprint density at radius 2 is 2.05 bits per heavy atom. The van der Waals surface area contributed by atoms with Crippen molar-refractivity contribution in [2.45, 2.75) is 6.92 Å². The van der Waals surface area contributed by atoms with Crippen LogP contribution < -0.4 is 10.2 Å². The lowest BCUT2D eigenvalue weighted by atomic mass is 10.2. The first-order valence-corrected chi connectivity index (χ1v) is 7.07. The number of anilines is 2. The van der Waals surface area contributed by atoms with Gasteiger partial charge in [0.2, 0.25) is 0 Å². The van der Waals surface area contributed by atoms with Gasteiger partial charge in [0.25, 0.3) is 5.91 Å². The van der Waals surface area contributed by atoms with Gasteiger partial charge in [-0.1, -0.05) is 11.6 Å². The Morgan fingerprint density at radius 1 is 1.32 bits per heavy atom. The molecule has 1 N–H and O–H groups in total. The van der Waals surface area contributed by atoms with Crippen molar-refractivity contribution in [1.82, 2.24) is 0 Å². The molecular weight excluding hydrogens is 280 g/mol. The zero-order valence-corrected chi connectivity index (χ0v) is 12.6. The molecule has 1 amide bonds. The molecule has 100 valence electrons. The van der Waals surface area contributed by atoms with Gasteiger partial charge in [0.15, 0.2) is 0 Å². The van der Waals surface area contributed by atoms with Crippen molar-refractivity contribution in [1.29, 1.82) is 0 Å². The van der Waals surface area contributed by atoms with Crippen molar-refractivity contribution in [3.05, 3.63) is 45.1 Å². The number of benzene rings is 1. The van der Waals surface area contributed by atoms with E-state index in [1.165, 1.54) is 11.3 Å². The monoisotopic (exact) mass is 294 g/mol. The minimum absolute atomic E-state index is 0.0992. The van der Waals surface area contributed by atoms with E-state index >= 15 is 0 Å². The number of rotatable bonds is 3. The summed E-state index contributed by atoms with van der Waals surface area (Å²) >= 11 is 7.43. The van der Waals surface area contributed by atoms with Gasteiger partial charge in [0, 0.05) is 19.1 Å². The van der Waals surface area contributed by atoms with Gasteiger partial charge < -0.3 is 10.2 Å². The topological polar surface area (TPSA) is 32.3 Å². The Kier molecular flexibility index (Phi) is 4.12. The fraction of sp³-hybridized carbons (Fsp3) is 0.214. The summed E-state index contributed by atoms with van der Waals surface area (Å²) in [6, 6.07) is 7.39. The van der Waals surface area contributed by atoms with Crippen molar-refractivity contribution in [3.8, 4) is 0 Å². The first-order valence-electron chi connectivity index (χ1n) is 5.81. The summed E-state index contributed by atoms with van der Waals surface area (Å²) in [5.41, 5.74) is 2.62. The van der Waals surface area contributed by atoms with E-state index in [9.17, 15) is 4.79 Å². The maximum atomic E-state index is 12.2. The number of nitrogens with one attached hydrogen (secondary N) is 1. The lowest BCUT2D eigenvalue weighted by Gasteiger charge is -2.18. The van der Waals surface area contributed by atoms with Gasteiger partial charge >= 0.3 is 0 Å². The van der Waals surface area contributed by atoms with Crippen LogP contribution in [0, 0.1) is 6.92 Å².